The van der Waals surface area contributed by atoms with Gasteiger partial charge in [0, 0.05) is 12.6 Å². The van der Waals surface area contributed by atoms with Crippen LogP contribution in [0.15, 0.2) is 12.7 Å². The first-order valence-electron chi connectivity index (χ1n) is 5.37. The molecule has 3 nitrogen and oxygen atoms in total. The van der Waals surface area contributed by atoms with Crippen LogP contribution in [-0.4, -0.2) is 12.5 Å². The molecule has 82 valence electrons. The van der Waals surface area contributed by atoms with Crippen LogP contribution in [0, 0.1) is 0 Å². The molecule has 0 aliphatic heterocycles. The van der Waals surface area contributed by atoms with Gasteiger partial charge in [-0.15, -0.1) is 0 Å². The Kier molecular flexibility index (Phi) is 9.64. The molecule has 0 aromatic heterocycles. The highest BCUT2D eigenvalue weighted by Gasteiger charge is 1.94. The highest BCUT2D eigenvalue weighted by molar-refractivity contribution is 5.80. The van der Waals surface area contributed by atoms with Gasteiger partial charge in [0.25, 0.3) is 0 Å². The minimum absolute atomic E-state index is 0.420. The van der Waals surface area contributed by atoms with Gasteiger partial charge >= 0.3 is 5.97 Å². The Labute approximate surface area is 86.5 Å². The van der Waals surface area contributed by atoms with Crippen LogP contribution in [-0.2, 0) is 9.63 Å². The largest absolute Gasteiger partial charge is 0.367 e. The summed E-state index contributed by atoms with van der Waals surface area (Å²) in [6.07, 6.45) is 8.56. The molecule has 0 aromatic carbocycles. The second-order valence-electron chi connectivity index (χ2n) is 3.29. The molecule has 0 unspecified atom stereocenters. The van der Waals surface area contributed by atoms with E-state index in [2.05, 4.69) is 23.8 Å². The van der Waals surface area contributed by atoms with Gasteiger partial charge in [-0.25, -0.2) is 4.79 Å². The Hall–Kier alpha value is -0.830. The maximum Gasteiger partial charge on any atom is 0.348 e. The molecule has 0 aromatic rings. The molecule has 0 saturated heterocycles. The van der Waals surface area contributed by atoms with Crippen molar-refractivity contribution in [2.45, 2.75) is 45.4 Å². The maximum atomic E-state index is 10.6. The Morgan fingerprint density at radius 2 is 1.93 bits per heavy atom. The van der Waals surface area contributed by atoms with Crippen LogP contribution in [0.5, 0.6) is 0 Å². The number of hydrogen-bond donors (Lipinski definition) is 1. The lowest BCUT2D eigenvalue weighted by molar-refractivity contribution is -0.144. The fourth-order valence-corrected chi connectivity index (χ4v) is 1.14. The highest BCUT2D eigenvalue weighted by Crippen LogP contribution is 2.03. The molecular formula is C11H21NO2. The zero-order chi connectivity index (χ0) is 10.6. The van der Waals surface area contributed by atoms with Crippen LogP contribution in [0.4, 0.5) is 0 Å². The second-order valence-corrected chi connectivity index (χ2v) is 3.29. The first kappa shape index (κ1) is 13.2. The van der Waals surface area contributed by atoms with Crippen molar-refractivity contribution in [2.24, 2.45) is 0 Å². The number of carbonyl (C=O) groups is 1. The summed E-state index contributed by atoms with van der Waals surface area (Å²) in [4.78, 5) is 15.2. The lowest BCUT2D eigenvalue weighted by Gasteiger charge is -2.03. The number of carbonyl (C=O) groups excluding carboxylic acids is 1. The van der Waals surface area contributed by atoms with Crippen molar-refractivity contribution in [3.05, 3.63) is 12.7 Å². The van der Waals surface area contributed by atoms with Crippen LogP contribution < -0.4 is 5.48 Å². The average Bonchev–Trinajstić information content (AvgIpc) is 2.21. The van der Waals surface area contributed by atoms with Crippen LogP contribution in [0.1, 0.15) is 45.4 Å². The number of rotatable bonds is 9. The minimum atomic E-state index is -0.420. The van der Waals surface area contributed by atoms with Crippen molar-refractivity contribution in [3.63, 3.8) is 0 Å². The Balaban J connectivity index is 2.99. The van der Waals surface area contributed by atoms with Crippen molar-refractivity contribution in [2.75, 3.05) is 6.54 Å². The molecule has 1 N–H and O–H groups in total. The van der Waals surface area contributed by atoms with Crippen LogP contribution in [0.2, 0.25) is 0 Å². The summed E-state index contributed by atoms with van der Waals surface area (Å²) < 4.78 is 0. The van der Waals surface area contributed by atoms with E-state index in [0.717, 1.165) is 19.0 Å². The summed E-state index contributed by atoms with van der Waals surface area (Å²) in [5.74, 6) is -0.420. The predicted molar refractivity (Wildman–Crippen MR) is 57.7 cm³/mol. The summed E-state index contributed by atoms with van der Waals surface area (Å²) in [5, 5.41) is 0. The van der Waals surface area contributed by atoms with Gasteiger partial charge in [0.1, 0.15) is 0 Å². The van der Waals surface area contributed by atoms with E-state index in [1.54, 1.807) is 0 Å². The van der Waals surface area contributed by atoms with E-state index in [1.165, 1.54) is 32.1 Å². The summed E-state index contributed by atoms with van der Waals surface area (Å²) in [6.45, 7) is 6.23. The molecule has 0 saturated carbocycles. The van der Waals surface area contributed by atoms with E-state index in [4.69, 9.17) is 0 Å². The molecule has 0 spiro atoms. The normalized spacial score (nSPS) is 9.79. The van der Waals surface area contributed by atoms with Crippen molar-refractivity contribution in [1.82, 2.24) is 5.48 Å². The van der Waals surface area contributed by atoms with Crippen LogP contribution in [0.25, 0.3) is 0 Å². The van der Waals surface area contributed by atoms with E-state index in [-0.39, 0.29) is 0 Å². The van der Waals surface area contributed by atoms with Gasteiger partial charge in [-0.05, 0) is 6.42 Å². The molecule has 0 rings (SSSR count). The van der Waals surface area contributed by atoms with Gasteiger partial charge in [-0.3, -0.25) is 0 Å². The molecule has 0 amide bonds. The van der Waals surface area contributed by atoms with E-state index in [0.29, 0.717) is 0 Å². The van der Waals surface area contributed by atoms with Crippen LogP contribution >= 0.6 is 0 Å². The van der Waals surface area contributed by atoms with Crippen molar-refractivity contribution in [1.29, 1.82) is 0 Å². The van der Waals surface area contributed by atoms with Gasteiger partial charge in [0.15, 0.2) is 0 Å². The van der Waals surface area contributed by atoms with E-state index in [9.17, 15) is 4.79 Å². The summed E-state index contributed by atoms with van der Waals surface area (Å²) in [6, 6.07) is 0. The quantitative estimate of drug-likeness (QED) is 0.352. The Morgan fingerprint density at radius 3 is 2.57 bits per heavy atom. The van der Waals surface area contributed by atoms with Crippen molar-refractivity contribution in [3.8, 4) is 0 Å². The first-order valence-corrected chi connectivity index (χ1v) is 5.37. The number of hydrogen-bond acceptors (Lipinski definition) is 3. The maximum absolute atomic E-state index is 10.6. The van der Waals surface area contributed by atoms with Crippen molar-refractivity contribution >= 4 is 5.97 Å². The zero-order valence-electron chi connectivity index (χ0n) is 9.05. The fourth-order valence-electron chi connectivity index (χ4n) is 1.14. The molecule has 3 heteroatoms. The first-order chi connectivity index (χ1) is 6.81. The van der Waals surface area contributed by atoms with Crippen molar-refractivity contribution < 1.29 is 9.63 Å². The summed E-state index contributed by atoms with van der Waals surface area (Å²) in [7, 11) is 0. The minimum Gasteiger partial charge on any atom is -0.367 e. The lowest BCUT2D eigenvalue weighted by Crippen LogP contribution is -2.19. The van der Waals surface area contributed by atoms with E-state index >= 15 is 0 Å². The average molecular weight is 199 g/mol. The third kappa shape index (κ3) is 9.26. The van der Waals surface area contributed by atoms with E-state index in [1.807, 2.05) is 0 Å². The van der Waals surface area contributed by atoms with Gasteiger partial charge in [0.05, 0.1) is 0 Å². The van der Waals surface area contributed by atoms with Crippen LogP contribution in [0.3, 0.4) is 0 Å². The molecule has 0 bridgehead atoms. The third-order valence-corrected chi connectivity index (χ3v) is 1.97. The molecule has 0 atom stereocenters. The molecule has 0 aliphatic carbocycles. The smallest absolute Gasteiger partial charge is 0.348 e. The Morgan fingerprint density at radius 1 is 1.29 bits per heavy atom. The fraction of sp³-hybridized carbons (Fsp3) is 0.727. The predicted octanol–water partition coefficient (Wildman–Crippen LogP) is 2.58. The monoisotopic (exact) mass is 199 g/mol. The van der Waals surface area contributed by atoms with Gasteiger partial charge in [-0.2, -0.15) is 5.48 Å². The van der Waals surface area contributed by atoms with Gasteiger partial charge in [0.2, 0.25) is 0 Å². The SMILES string of the molecule is C=CC(=O)ONCCCCCCCC. The summed E-state index contributed by atoms with van der Waals surface area (Å²) in [5.41, 5.74) is 2.61. The number of nitrogens with one attached hydrogen (secondary N) is 1. The molecule has 0 aliphatic rings. The zero-order valence-corrected chi connectivity index (χ0v) is 9.05. The number of unbranched alkanes of at least 4 members (excludes halogenated alkanes) is 5. The second kappa shape index (κ2) is 10.3. The topological polar surface area (TPSA) is 38.3 Å². The molecule has 0 radical (unpaired) electrons. The molecular weight excluding hydrogens is 178 g/mol. The number of hydroxylamine groups is 1. The third-order valence-electron chi connectivity index (χ3n) is 1.97. The van der Waals surface area contributed by atoms with Gasteiger partial charge < -0.3 is 4.84 Å². The van der Waals surface area contributed by atoms with Gasteiger partial charge in [-0.1, -0.05) is 45.6 Å². The molecule has 14 heavy (non-hydrogen) atoms. The summed E-state index contributed by atoms with van der Waals surface area (Å²) >= 11 is 0. The van der Waals surface area contributed by atoms with E-state index < -0.39 is 5.97 Å². The lowest BCUT2D eigenvalue weighted by atomic mass is 10.1. The Bertz CT molecular complexity index is 157. The highest BCUT2D eigenvalue weighted by atomic mass is 16.7. The molecule has 0 heterocycles. The standard InChI is InChI=1S/C11H21NO2/c1-3-5-6-7-8-9-10-12-14-11(13)4-2/h4,12H,2-3,5-10H2,1H3. The molecule has 0 fully saturated rings.